The van der Waals surface area contributed by atoms with Gasteiger partial charge in [0.2, 0.25) is 0 Å². The van der Waals surface area contributed by atoms with Crippen molar-refractivity contribution < 1.29 is 29.3 Å². The summed E-state index contributed by atoms with van der Waals surface area (Å²) < 4.78 is 12.7. The zero-order chi connectivity index (χ0) is 23.5. The van der Waals surface area contributed by atoms with Gasteiger partial charge in [0.15, 0.2) is 0 Å². The second kappa shape index (κ2) is 18.5. The van der Waals surface area contributed by atoms with Crippen LogP contribution in [-0.2, 0) is 9.59 Å². The number of benzene rings is 2. The second-order valence-corrected chi connectivity index (χ2v) is 10.9. The fourth-order valence-corrected chi connectivity index (χ4v) is 6.25. The minimum absolute atomic E-state index is 0.149. The number of phenols is 2. The van der Waals surface area contributed by atoms with E-state index >= 15 is 0 Å². The Morgan fingerprint density at radius 2 is 1.03 bits per heavy atom. The first-order valence-electron chi connectivity index (χ1n) is 10.4. The minimum atomic E-state index is -0.365. The molecule has 2 radical (unpaired) electrons. The van der Waals surface area contributed by atoms with Crippen molar-refractivity contribution >= 4 is 33.1 Å². The Bertz CT molecular complexity index is 665. The van der Waals surface area contributed by atoms with Gasteiger partial charge in [0.05, 0.1) is 0 Å². The van der Waals surface area contributed by atoms with Crippen molar-refractivity contribution in [1.29, 1.82) is 0 Å². The number of hydrogen-bond acceptors (Lipinski definition) is 6. The van der Waals surface area contributed by atoms with Gasteiger partial charge in [-0.3, -0.25) is 9.59 Å². The molecule has 0 fully saturated rings. The molecule has 0 aliphatic rings. The van der Waals surface area contributed by atoms with Gasteiger partial charge in [0, 0.05) is 13.8 Å². The molecule has 31 heavy (non-hydrogen) atoms. The summed E-state index contributed by atoms with van der Waals surface area (Å²) in [6.45, 7) is 7.23. The molecule has 170 valence electrons. The van der Waals surface area contributed by atoms with Gasteiger partial charge < -0.3 is 19.7 Å². The van der Waals surface area contributed by atoms with Gasteiger partial charge in [-0.2, -0.15) is 0 Å². The van der Waals surface area contributed by atoms with E-state index in [4.69, 9.17) is 19.7 Å². The monoisotopic (exact) mass is 538 g/mol. The molecule has 7 heteroatoms. The van der Waals surface area contributed by atoms with Crippen LogP contribution in [0.1, 0.15) is 53.4 Å². The normalized spacial score (nSPS) is 9.42. The van der Waals surface area contributed by atoms with Crippen molar-refractivity contribution in [3.8, 4) is 23.0 Å². The molecule has 0 bridgehead atoms. The van der Waals surface area contributed by atoms with Crippen LogP contribution in [0.15, 0.2) is 48.5 Å². The molecule has 0 atom stereocenters. The third kappa shape index (κ3) is 18.3. The first kappa shape index (κ1) is 28.8. The van der Waals surface area contributed by atoms with Gasteiger partial charge in [-0.1, -0.05) is 0 Å². The molecule has 6 nitrogen and oxygen atoms in total. The van der Waals surface area contributed by atoms with Gasteiger partial charge in [-0.15, -0.1) is 0 Å². The summed E-state index contributed by atoms with van der Waals surface area (Å²) in [5.41, 5.74) is 0. The van der Waals surface area contributed by atoms with Crippen LogP contribution in [0.4, 0.5) is 0 Å². The third-order valence-electron chi connectivity index (χ3n) is 3.61. The van der Waals surface area contributed by atoms with E-state index in [0.29, 0.717) is 11.5 Å². The number of aromatic hydroxyl groups is 2. The molecule has 2 rings (SSSR count). The van der Waals surface area contributed by atoms with Gasteiger partial charge in [0.25, 0.3) is 0 Å². The Kier molecular flexibility index (Phi) is 17.2. The number of rotatable bonds is 8. The van der Waals surface area contributed by atoms with Crippen molar-refractivity contribution in [2.45, 2.75) is 62.3 Å². The van der Waals surface area contributed by atoms with Gasteiger partial charge in [-0.25, -0.2) is 0 Å². The molecule has 0 aliphatic carbocycles. The predicted octanol–water partition coefficient (Wildman–Crippen LogP) is 5.76. The van der Waals surface area contributed by atoms with E-state index < -0.39 is 0 Å². The summed E-state index contributed by atoms with van der Waals surface area (Å²) in [6.07, 6.45) is 5.84. The van der Waals surface area contributed by atoms with Crippen LogP contribution < -0.4 is 9.47 Å². The zero-order valence-electron chi connectivity index (χ0n) is 18.9. The van der Waals surface area contributed by atoms with Gasteiger partial charge in [0.1, 0.15) is 23.0 Å². The molecule has 0 unspecified atom stereocenters. The van der Waals surface area contributed by atoms with Crippen LogP contribution in [-0.4, -0.2) is 43.3 Å². The molecular formula is C24H34O6Sn. The number of unbranched alkanes of at least 4 members (excludes halogenated alkanes) is 2. The van der Waals surface area contributed by atoms with Crippen LogP contribution in [0.2, 0.25) is 8.87 Å². The van der Waals surface area contributed by atoms with E-state index in [1.807, 2.05) is 0 Å². The van der Waals surface area contributed by atoms with Crippen molar-refractivity contribution in [2.75, 3.05) is 0 Å². The molecular weight excluding hydrogens is 503 g/mol. The summed E-state index contributed by atoms with van der Waals surface area (Å²) in [5, 5.41) is 17.7. The van der Waals surface area contributed by atoms with Crippen LogP contribution in [0, 0.1) is 0 Å². The Morgan fingerprint density at radius 3 is 1.29 bits per heavy atom. The quantitative estimate of drug-likeness (QED) is 0.193. The molecule has 0 saturated carbocycles. The van der Waals surface area contributed by atoms with E-state index in [1.165, 1.54) is 88.1 Å². The molecule has 0 amide bonds. The molecule has 0 aromatic heterocycles. The maximum atomic E-state index is 10.4. The Hall–Kier alpha value is -2.22. The van der Waals surface area contributed by atoms with Gasteiger partial charge in [-0.05, 0) is 48.5 Å². The molecule has 0 heterocycles. The average Bonchev–Trinajstić information content (AvgIpc) is 2.72. The van der Waals surface area contributed by atoms with Crippen molar-refractivity contribution in [3.63, 3.8) is 0 Å². The molecule has 2 N–H and O–H groups in total. The van der Waals surface area contributed by atoms with E-state index in [2.05, 4.69) is 13.8 Å². The van der Waals surface area contributed by atoms with Crippen molar-refractivity contribution in [1.82, 2.24) is 0 Å². The first-order valence-corrected chi connectivity index (χ1v) is 14.5. The molecule has 0 saturated heterocycles. The number of ether oxygens (including phenoxy) is 2. The topological polar surface area (TPSA) is 93.1 Å². The number of carbonyl (C=O) groups excluding carboxylic acids is 2. The molecule has 0 spiro atoms. The van der Waals surface area contributed by atoms with E-state index in [1.54, 1.807) is 8.87 Å². The Morgan fingerprint density at radius 1 is 0.710 bits per heavy atom. The second-order valence-electron chi connectivity index (χ2n) is 6.63. The maximum absolute atomic E-state index is 10.4. The van der Waals surface area contributed by atoms with E-state index in [-0.39, 0.29) is 44.6 Å². The SMILES string of the molecule is CC(=O)Oc1ccc(O)cc1.CC(=O)Oc1ccc(O)cc1.CCC[CH2][Sn][CH2]CCC. The fourth-order valence-electron chi connectivity index (χ4n) is 2.09. The van der Waals surface area contributed by atoms with Crippen LogP contribution in [0.5, 0.6) is 23.0 Å². The van der Waals surface area contributed by atoms with Crippen LogP contribution in [0.25, 0.3) is 0 Å². The van der Waals surface area contributed by atoms with Crippen LogP contribution in [0.3, 0.4) is 0 Å². The third-order valence-corrected chi connectivity index (χ3v) is 7.65. The summed E-state index contributed by atoms with van der Waals surface area (Å²) >= 11 is 0.149. The Balaban J connectivity index is 0.000000439. The number of esters is 2. The summed E-state index contributed by atoms with van der Waals surface area (Å²) in [5.74, 6) is 0.457. The predicted molar refractivity (Wildman–Crippen MR) is 124 cm³/mol. The van der Waals surface area contributed by atoms with Crippen LogP contribution >= 0.6 is 0 Å². The molecule has 2 aromatic carbocycles. The summed E-state index contributed by atoms with van der Waals surface area (Å²) in [7, 11) is 0. The summed E-state index contributed by atoms with van der Waals surface area (Å²) in [6, 6.07) is 11.9. The number of hydrogen-bond donors (Lipinski definition) is 2. The Labute approximate surface area is 195 Å². The first-order chi connectivity index (χ1) is 14.8. The fraction of sp³-hybridized carbons (Fsp3) is 0.417. The van der Waals surface area contributed by atoms with Crippen molar-refractivity contribution in [3.05, 3.63) is 48.5 Å². The molecule has 0 aliphatic heterocycles. The zero-order valence-corrected chi connectivity index (χ0v) is 21.7. The molecule has 2 aromatic rings. The van der Waals surface area contributed by atoms with Crippen molar-refractivity contribution in [2.24, 2.45) is 0 Å². The summed E-state index contributed by atoms with van der Waals surface area (Å²) in [4.78, 5) is 20.8. The average molecular weight is 537 g/mol. The number of phenolic OH excluding ortho intramolecular Hbond substituents is 2. The van der Waals surface area contributed by atoms with E-state index in [0.717, 1.165) is 0 Å². The number of carbonyl (C=O) groups is 2. The standard InChI is InChI=1S/2C8H8O3.2C4H9.Sn/c2*1-6(9)11-8-4-2-7(10)3-5-8;2*1-3-4-2;/h2*2-5,10H,1H3;2*1,3-4H2,2H3;. The van der Waals surface area contributed by atoms with Gasteiger partial charge >= 0.3 is 81.5 Å². The van der Waals surface area contributed by atoms with E-state index in [9.17, 15) is 9.59 Å².